The van der Waals surface area contributed by atoms with Crippen LogP contribution in [0.5, 0.6) is 17.2 Å². The zero-order valence-corrected chi connectivity index (χ0v) is 48.8. The average Bonchev–Trinajstić information content (AvgIpc) is 3.21. The molecule has 0 amide bonds. The Labute approximate surface area is 448 Å². The molecular weight excluding hydrogens is 946 g/mol. The summed E-state index contributed by atoms with van der Waals surface area (Å²) in [6, 6.07) is 26.8. The topological polar surface area (TPSA) is 62.6 Å². The maximum absolute atomic E-state index is 12.9. The van der Waals surface area contributed by atoms with Crippen LogP contribution in [-0.2, 0) is 37.0 Å². The second-order valence-corrected chi connectivity index (χ2v) is 27.7. The summed E-state index contributed by atoms with van der Waals surface area (Å²) < 4.78 is 6.20. The van der Waals surface area contributed by atoms with Crippen molar-refractivity contribution in [3.63, 3.8) is 0 Å². The molecule has 2 N–H and O–H groups in total. The van der Waals surface area contributed by atoms with Crippen molar-refractivity contribution in [2.45, 2.75) is 183 Å². The first-order valence-electron chi connectivity index (χ1n) is 26.3. The van der Waals surface area contributed by atoms with Gasteiger partial charge in [0.15, 0.2) is 0 Å². The Morgan fingerprint density at radius 1 is 0.437 bits per heavy atom. The minimum absolute atomic E-state index is 0. The summed E-state index contributed by atoms with van der Waals surface area (Å²) in [4.78, 5) is 5.66. The van der Waals surface area contributed by atoms with Crippen LogP contribution in [0.2, 0.25) is 0 Å². The van der Waals surface area contributed by atoms with E-state index in [0.717, 1.165) is 100 Å². The van der Waals surface area contributed by atoms with Crippen LogP contribution in [0.3, 0.4) is 0 Å². The Balaban J connectivity index is 0.00000225. The Morgan fingerprint density at radius 2 is 0.746 bits per heavy atom. The van der Waals surface area contributed by atoms with E-state index in [4.69, 9.17) is 9.72 Å². The fraction of sp³-hybridized carbons (Fsp3) is 0.530. The smallest absolute Gasteiger partial charge is 0.127 e. The van der Waals surface area contributed by atoms with Gasteiger partial charge >= 0.3 is 0 Å². The van der Waals surface area contributed by atoms with Crippen LogP contribution in [-0.4, -0.2) is 22.3 Å². The van der Waals surface area contributed by atoms with Crippen molar-refractivity contribution in [3.05, 3.63) is 121 Å². The van der Waals surface area contributed by atoms with E-state index >= 15 is 0 Å². The van der Waals surface area contributed by atoms with Crippen molar-refractivity contribution in [1.29, 1.82) is 0 Å². The molecule has 4 aromatic carbocycles. The number of benzene rings is 4. The van der Waals surface area contributed by atoms with E-state index in [2.05, 4.69) is 156 Å². The Hall–Kier alpha value is -3.69. The molecule has 0 unspecified atom stereocenters. The Bertz CT molecular complexity index is 2620. The Kier molecular flexibility index (Phi) is 13.2. The number of rotatable bonds is 9. The molecule has 378 valence electrons. The molecule has 1 aromatic heterocycles. The maximum atomic E-state index is 12.9. The summed E-state index contributed by atoms with van der Waals surface area (Å²) in [6.07, 6.45) is 14.5. The molecule has 4 nitrogen and oxygen atoms in total. The van der Waals surface area contributed by atoms with Gasteiger partial charge < -0.3 is 29.8 Å². The van der Waals surface area contributed by atoms with Crippen molar-refractivity contribution in [2.24, 2.45) is 32.5 Å². The molecule has 0 atom stereocenters. The van der Waals surface area contributed by atoms with Gasteiger partial charge in [0.2, 0.25) is 0 Å². The second-order valence-electron chi connectivity index (χ2n) is 27.7. The first-order chi connectivity index (χ1) is 31.8. The molecule has 0 radical (unpaired) electrons. The molecule has 1 heterocycles. The van der Waals surface area contributed by atoms with E-state index < -0.39 is 0 Å². The van der Waals surface area contributed by atoms with Gasteiger partial charge in [-0.05, 0) is 193 Å². The number of pyridine rings is 1. The van der Waals surface area contributed by atoms with E-state index in [1.165, 1.54) is 60.8 Å². The monoisotopic (exact) mass is 1030 g/mol. The Morgan fingerprint density at radius 3 is 1.03 bits per heavy atom. The number of ether oxygens (including phenoxy) is 1. The zero-order chi connectivity index (χ0) is 48.4. The molecule has 0 saturated heterocycles. The molecule has 5 heteroatoms. The summed E-state index contributed by atoms with van der Waals surface area (Å²) in [6.45, 7) is 28.6. The van der Waals surface area contributed by atoms with E-state index in [1.807, 2.05) is 0 Å². The van der Waals surface area contributed by atoms with E-state index in [-0.39, 0.29) is 84.4 Å². The molecule has 8 saturated carbocycles. The zero-order valence-electron chi connectivity index (χ0n) is 46.3. The number of aryl methyl sites for hydroxylation is 2. The van der Waals surface area contributed by atoms with Gasteiger partial charge in [-0.25, -0.2) is 4.98 Å². The van der Waals surface area contributed by atoms with Crippen molar-refractivity contribution in [3.8, 4) is 62.0 Å². The van der Waals surface area contributed by atoms with E-state index in [0.29, 0.717) is 23.3 Å². The average molecular weight is 1030 g/mol. The SMILES string of the molecule is COc1cc(-c2cc(C(C)C)ccc2-c2cc(C)cc(C34CC5(C)CC(C)(CC(C)(C5)C3)C4)c2O)nc(-c2cc(C(C)C)ccc2-c2cc(C)cc(C34CC5(C)CC(C)(CC(C)(C5)C3)C4)c2O)c1.[CH3-].[CH3-].[Zr]. The fourth-order valence-electron chi connectivity index (χ4n) is 19.6. The van der Waals surface area contributed by atoms with Crippen LogP contribution < -0.4 is 4.74 Å². The van der Waals surface area contributed by atoms with E-state index in [9.17, 15) is 10.2 Å². The molecule has 0 spiro atoms. The van der Waals surface area contributed by atoms with Crippen LogP contribution in [0.1, 0.15) is 192 Å². The quantitative estimate of drug-likeness (QED) is 0.144. The summed E-state index contributed by atoms with van der Waals surface area (Å²) in [5, 5.41) is 25.8. The molecule has 5 aromatic rings. The van der Waals surface area contributed by atoms with Crippen molar-refractivity contribution >= 4 is 0 Å². The summed E-state index contributed by atoms with van der Waals surface area (Å²) in [7, 11) is 1.75. The molecule has 71 heavy (non-hydrogen) atoms. The van der Waals surface area contributed by atoms with E-state index in [1.54, 1.807) is 7.11 Å². The number of nitrogens with zero attached hydrogens (tertiary/aromatic N) is 1. The standard InChI is InChI=1S/C64H79NO3.2CH3.Zr/c1-38(2)42-14-16-45(49-18-40(5)20-51(55(49)66)63-32-57(7)26-58(8,33-63)28-59(9,27-57)34-63)47(22-42)53-24-44(68-13)25-54(65-53)48-23-43(39(3)4)15-17-46(48)50-19-41(6)21-52(56(50)67)64-35-60(10)29-61(11,36-64)31-62(12,30-60)37-64;;;/h14-25,38-39,66-67H,26-37H2,1-13H3;2*1H3;/q;2*-1;. The second kappa shape index (κ2) is 17.5. The molecule has 8 aliphatic rings. The van der Waals surface area contributed by atoms with Gasteiger partial charge in [-0.3, -0.25) is 0 Å². The van der Waals surface area contributed by atoms with Gasteiger partial charge in [0, 0.05) is 82.5 Å². The first kappa shape index (κ1) is 53.6. The van der Waals surface area contributed by atoms with Gasteiger partial charge in [-0.2, -0.15) is 0 Å². The molecule has 13 rings (SSSR count). The number of hydrogen-bond donors (Lipinski definition) is 2. The predicted octanol–water partition coefficient (Wildman–Crippen LogP) is 18.2. The number of hydrogen-bond acceptors (Lipinski definition) is 4. The third-order valence-corrected chi connectivity index (χ3v) is 19.0. The van der Waals surface area contributed by atoms with Gasteiger partial charge in [-0.15, -0.1) is 0 Å². The van der Waals surface area contributed by atoms with Crippen LogP contribution in [0.25, 0.3) is 44.8 Å². The van der Waals surface area contributed by atoms with Gasteiger partial charge in [0.05, 0.1) is 18.5 Å². The molecule has 8 fully saturated rings. The van der Waals surface area contributed by atoms with Gasteiger partial charge in [-0.1, -0.05) is 106 Å². The van der Waals surface area contributed by atoms with Gasteiger partial charge in [0.25, 0.3) is 0 Å². The maximum Gasteiger partial charge on any atom is 0.127 e. The predicted molar refractivity (Wildman–Crippen MR) is 294 cm³/mol. The normalized spacial score (nSPS) is 32.9. The fourth-order valence-corrected chi connectivity index (χ4v) is 19.6. The number of aromatic hydroxyl groups is 2. The van der Waals surface area contributed by atoms with Crippen LogP contribution in [0.4, 0.5) is 0 Å². The number of phenolic OH excluding ortho intramolecular Hbond substituents is 2. The summed E-state index contributed by atoms with van der Waals surface area (Å²) in [5.41, 5.74) is 16.0. The molecule has 0 aliphatic heterocycles. The van der Waals surface area contributed by atoms with Crippen LogP contribution in [0, 0.1) is 61.2 Å². The molecule has 8 bridgehead atoms. The number of methoxy groups -OCH3 is 1. The van der Waals surface area contributed by atoms with Gasteiger partial charge in [0.1, 0.15) is 17.2 Å². The summed E-state index contributed by atoms with van der Waals surface area (Å²) >= 11 is 0. The molecule has 8 aliphatic carbocycles. The molecular formula is C66H85NO3Zr-2. The third kappa shape index (κ3) is 8.82. The van der Waals surface area contributed by atoms with Crippen molar-refractivity contribution in [1.82, 2.24) is 4.98 Å². The summed E-state index contributed by atoms with van der Waals surface area (Å²) in [5.74, 6) is 2.17. The third-order valence-electron chi connectivity index (χ3n) is 19.0. The number of aromatic nitrogens is 1. The van der Waals surface area contributed by atoms with Crippen LogP contribution in [0.15, 0.2) is 72.8 Å². The number of phenols is 2. The largest absolute Gasteiger partial charge is 0.507 e. The minimum atomic E-state index is -0.0557. The minimum Gasteiger partial charge on any atom is -0.507 e. The van der Waals surface area contributed by atoms with Crippen LogP contribution >= 0.6 is 0 Å². The first-order valence-corrected chi connectivity index (χ1v) is 26.3. The van der Waals surface area contributed by atoms with Crippen molar-refractivity contribution in [2.75, 3.05) is 7.11 Å². The van der Waals surface area contributed by atoms with Crippen molar-refractivity contribution < 1.29 is 41.2 Å².